The van der Waals surface area contributed by atoms with E-state index in [1.807, 2.05) is 19.1 Å². The molecule has 0 aromatic carbocycles. The summed E-state index contributed by atoms with van der Waals surface area (Å²) in [5.41, 5.74) is 9.48. The van der Waals surface area contributed by atoms with Crippen LogP contribution in [0.15, 0.2) is 22.9 Å². The number of anilines is 1. The van der Waals surface area contributed by atoms with Gasteiger partial charge in [-0.25, -0.2) is 19.3 Å². The first-order valence-electron chi connectivity index (χ1n) is 5.71. The van der Waals surface area contributed by atoms with Crippen molar-refractivity contribution >= 4 is 27.5 Å². The SMILES string of the molecule is Cc1nc(Br)cc2c1CC=C2c1nc(N)ncc1F. The van der Waals surface area contributed by atoms with Gasteiger partial charge in [0.25, 0.3) is 0 Å². The second-order valence-corrected chi connectivity index (χ2v) is 5.12. The van der Waals surface area contributed by atoms with Crippen molar-refractivity contribution in [2.45, 2.75) is 13.3 Å². The normalized spacial score (nSPS) is 13.3. The Morgan fingerprint density at radius 1 is 1.37 bits per heavy atom. The molecule has 4 nitrogen and oxygen atoms in total. The number of pyridine rings is 1. The van der Waals surface area contributed by atoms with Gasteiger partial charge in [0.2, 0.25) is 5.95 Å². The fraction of sp³-hybridized carbons (Fsp3) is 0.154. The lowest BCUT2D eigenvalue weighted by atomic mass is 10.0. The molecular weight excluding hydrogens is 311 g/mol. The smallest absolute Gasteiger partial charge is 0.220 e. The Morgan fingerprint density at radius 3 is 2.95 bits per heavy atom. The number of nitrogens with zero attached hydrogens (tertiary/aromatic N) is 3. The molecule has 0 aliphatic heterocycles. The highest BCUT2D eigenvalue weighted by Crippen LogP contribution is 2.35. The van der Waals surface area contributed by atoms with E-state index in [-0.39, 0.29) is 11.6 Å². The van der Waals surface area contributed by atoms with Crippen LogP contribution in [0.25, 0.3) is 5.57 Å². The van der Waals surface area contributed by atoms with E-state index in [2.05, 4.69) is 30.9 Å². The summed E-state index contributed by atoms with van der Waals surface area (Å²) in [4.78, 5) is 12.0. The second-order valence-electron chi connectivity index (χ2n) is 4.30. The summed E-state index contributed by atoms with van der Waals surface area (Å²) in [6, 6.07) is 1.87. The molecule has 1 aliphatic rings. The van der Waals surface area contributed by atoms with Crippen molar-refractivity contribution in [1.29, 1.82) is 0 Å². The number of aromatic nitrogens is 3. The van der Waals surface area contributed by atoms with Crippen LogP contribution in [-0.2, 0) is 6.42 Å². The molecule has 0 spiro atoms. The molecule has 0 radical (unpaired) electrons. The first-order valence-corrected chi connectivity index (χ1v) is 6.50. The van der Waals surface area contributed by atoms with Gasteiger partial charge < -0.3 is 5.73 Å². The van der Waals surface area contributed by atoms with Crippen LogP contribution in [-0.4, -0.2) is 15.0 Å². The second kappa shape index (κ2) is 4.38. The van der Waals surface area contributed by atoms with Gasteiger partial charge in [-0.05, 0) is 46.5 Å². The standard InChI is InChI=1S/C13H10BrFN4/c1-6-7-2-3-8(9(7)4-11(14)18-6)12-10(15)5-17-13(16)19-12/h3-5H,2H2,1H3,(H2,16,17,19). The molecule has 0 saturated carbocycles. The first kappa shape index (κ1) is 12.2. The Hall–Kier alpha value is -1.82. The van der Waals surface area contributed by atoms with Crippen molar-refractivity contribution in [3.63, 3.8) is 0 Å². The van der Waals surface area contributed by atoms with Gasteiger partial charge in [-0.3, -0.25) is 0 Å². The van der Waals surface area contributed by atoms with Gasteiger partial charge in [-0.15, -0.1) is 0 Å². The van der Waals surface area contributed by atoms with E-state index >= 15 is 0 Å². The molecule has 1 aliphatic carbocycles. The minimum absolute atomic E-state index is 0.0654. The summed E-state index contributed by atoms with van der Waals surface area (Å²) >= 11 is 3.36. The summed E-state index contributed by atoms with van der Waals surface area (Å²) in [5, 5.41) is 0. The summed E-state index contributed by atoms with van der Waals surface area (Å²) < 4.78 is 14.6. The third kappa shape index (κ3) is 2.02. The van der Waals surface area contributed by atoms with Gasteiger partial charge in [0, 0.05) is 11.3 Å². The quantitative estimate of drug-likeness (QED) is 0.820. The van der Waals surface area contributed by atoms with E-state index < -0.39 is 5.82 Å². The highest BCUT2D eigenvalue weighted by molar-refractivity contribution is 9.10. The molecular formula is C13H10BrFN4. The third-order valence-electron chi connectivity index (χ3n) is 3.12. The first-order chi connectivity index (χ1) is 9.06. The summed E-state index contributed by atoms with van der Waals surface area (Å²) in [5.74, 6) is -0.408. The number of rotatable bonds is 1. The van der Waals surface area contributed by atoms with Crippen LogP contribution in [0.5, 0.6) is 0 Å². The number of allylic oxidation sites excluding steroid dienone is 1. The van der Waals surface area contributed by atoms with Gasteiger partial charge >= 0.3 is 0 Å². The van der Waals surface area contributed by atoms with Crippen molar-refractivity contribution in [1.82, 2.24) is 15.0 Å². The van der Waals surface area contributed by atoms with Crippen LogP contribution in [0.3, 0.4) is 0 Å². The molecule has 6 heteroatoms. The van der Waals surface area contributed by atoms with Crippen LogP contribution in [0.4, 0.5) is 10.3 Å². The van der Waals surface area contributed by atoms with Gasteiger partial charge in [0.15, 0.2) is 5.82 Å². The van der Waals surface area contributed by atoms with E-state index in [1.54, 1.807) is 0 Å². The lowest BCUT2D eigenvalue weighted by molar-refractivity contribution is 0.610. The molecule has 0 bridgehead atoms. The molecule has 0 saturated heterocycles. The van der Waals surface area contributed by atoms with Gasteiger partial charge in [0.05, 0.1) is 6.20 Å². The van der Waals surface area contributed by atoms with E-state index in [0.29, 0.717) is 0 Å². The number of hydrogen-bond donors (Lipinski definition) is 1. The number of halogens is 2. The molecule has 19 heavy (non-hydrogen) atoms. The topological polar surface area (TPSA) is 64.7 Å². The third-order valence-corrected chi connectivity index (χ3v) is 3.52. The molecule has 2 aromatic rings. The average Bonchev–Trinajstić information content (AvgIpc) is 2.76. The van der Waals surface area contributed by atoms with Crippen molar-refractivity contribution < 1.29 is 4.39 Å². The monoisotopic (exact) mass is 320 g/mol. The highest BCUT2D eigenvalue weighted by Gasteiger charge is 2.22. The Kier molecular flexibility index (Phi) is 2.82. The van der Waals surface area contributed by atoms with Gasteiger partial charge in [-0.1, -0.05) is 6.08 Å². The molecule has 3 rings (SSSR count). The zero-order valence-electron chi connectivity index (χ0n) is 10.1. The maximum absolute atomic E-state index is 13.9. The van der Waals surface area contributed by atoms with Crippen LogP contribution in [0.1, 0.15) is 22.5 Å². The fourth-order valence-corrected chi connectivity index (χ4v) is 2.76. The number of hydrogen-bond acceptors (Lipinski definition) is 4. The maximum Gasteiger partial charge on any atom is 0.220 e. The largest absolute Gasteiger partial charge is 0.368 e. The Bertz CT molecular complexity index is 712. The minimum Gasteiger partial charge on any atom is -0.368 e. The van der Waals surface area contributed by atoms with Crippen LogP contribution in [0.2, 0.25) is 0 Å². The summed E-state index contributed by atoms with van der Waals surface area (Å²) in [6.07, 6.45) is 3.76. The Morgan fingerprint density at radius 2 is 2.16 bits per heavy atom. The molecule has 0 unspecified atom stereocenters. The molecule has 2 aromatic heterocycles. The molecule has 0 amide bonds. The number of nitrogen functional groups attached to an aromatic ring is 1. The van der Waals surface area contributed by atoms with E-state index in [1.165, 1.54) is 0 Å². The van der Waals surface area contributed by atoms with Gasteiger partial charge in [-0.2, -0.15) is 0 Å². The predicted octanol–water partition coefficient (Wildman–Crippen LogP) is 2.65. The summed E-state index contributed by atoms with van der Waals surface area (Å²) in [6.45, 7) is 1.94. The fourth-order valence-electron chi connectivity index (χ4n) is 2.27. The molecule has 2 heterocycles. The summed E-state index contributed by atoms with van der Waals surface area (Å²) in [7, 11) is 0. The van der Waals surface area contributed by atoms with Crippen molar-refractivity contribution in [2.75, 3.05) is 5.73 Å². The number of nitrogens with two attached hydrogens (primary N) is 1. The van der Waals surface area contributed by atoms with Crippen LogP contribution in [0, 0.1) is 12.7 Å². The molecule has 0 atom stereocenters. The van der Waals surface area contributed by atoms with Crippen molar-refractivity contribution in [3.05, 3.63) is 51.3 Å². The number of fused-ring (bicyclic) bond motifs is 1. The highest BCUT2D eigenvalue weighted by atomic mass is 79.9. The van der Waals surface area contributed by atoms with E-state index in [4.69, 9.17) is 5.73 Å². The predicted molar refractivity (Wildman–Crippen MR) is 73.9 cm³/mol. The molecule has 0 fully saturated rings. The van der Waals surface area contributed by atoms with E-state index in [9.17, 15) is 4.39 Å². The zero-order valence-corrected chi connectivity index (χ0v) is 11.7. The Balaban J connectivity index is 2.19. The van der Waals surface area contributed by atoms with Crippen molar-refractivity contribution in [3.8, 4) is 0 Å². The molecule has 96 valence electrons. The number of aryl methyl sites for hydroxylation is 1. The maximum atomic E-state index is 13.9. The zero-order chi connectivity index (χ0) is 13.6. The average molecular weight is 321 g/mol. The van der Waals surface area contributed by atoms with Crippen molar-refractivity contribution in [2.24, 2.45) is 0 Å². The Labute approximate surface area is 117 Å². The lowest BCUT2D eigenvalue weighted by Gasteiger charge is -2.09. The van der Waals surface area contributed by atoms with Crippen LogP contribution >= 0.6 is 15.9 Å². The molecule has 2 N–H and O–H groups in total. The minimum atomic E-state index is -0.473. The van der Waals surface area contributed by atoms with Gasteiger partial charge in [0.1, 0.15) is 10.3 Å². The lowest BCUT2D eigenvalue weighted by Crippen LogP contribution is -2.02. The van der Waals surface area contributed by atoms with E-state index in [0.717, 1.165) is 39.6 Å². The van der Waals surface area contributed by atoms with Crippen LogP contribution < -0.4 is 5.73 Å².